The van der Waals surface area contributed by atoms with Gasteiger partial charge >= 0.3 is 0 Å². The molecule has 0 unspecified atom stereocenters. The Morgan fingerprint density at radius 2 is 1.54 bits per heavy atom. The van der Waals surface area contributed by atoms with Gasteiger partial charge in [-0.25, -0.2) is 4.39 Å². The van der Waals surface area contributed by atoms with Crippen LogP contribution in [-0.2, 0) is 13.2 Å². The van der Waals surface area contributed by atoms with E-state index in [0.29, 0.717) is 13.2 Å². The summed E-state index contributed by atoms with van der Waals surface area (Å²) >= 11 is 10.5. The molecule has 0 bridgehead atoms. The van der Waals surface area contributed by atoms with Crippen molar-refractivity contribution in [3.63, 3.8) is 0 Å². The van der Waals surface area contributed by atoms with E-state index in [0.717, 1.165) is 36.0 Å². The maximum atomic E-state index is 13.0. The fraction of sp³-hybridized carbons (Fsp3) is 0.100. The minimum absolute atomic E-state index is 0.252. The molecule has 26 heavy (non-hydrogen) atoms. The number of rotatable bonds is 6. The molecule has 0 aromatic heterocycles. The first kappa shape index (κ1) is 19.4. The second-order valence-corrected chi connectivity index (χ2v) is 8.34. The highest BCUT2D eigenvalue weighted by molar-refractivity contribution is 9.11. The lowest BCUT2D eigenvalue weighted by molar-refractivity contribution is 0.301. The Kier molecular flexibility index (Phi) is 6.73. The SMILES string of the molecule is Fc1ccc(COc2c(Br)cc(Br)cc2CNc2ccc(Br)cc2)cc1. The van der Waals surface area contributed by atoms with Crippen molar-refractivity contribution in [1.82, 2.24) is 0 Å². The summed E-state index contributed by atoms with van der Waals surface area (Å²) in [5.74, 6) is 0.514. The first-order valence-corrected chi connectivity index (χ1v) is 10.2. The maximum absolute atomic E-state index is 13.0. The lowest BCUT2D eigenvalue weighted by atomic mass is 10.2. The Hall–Kier alpha value is -1.37. The van der Waals surface area contributed by atoms with E-state index in [9.17, 15) is 4.39 Å². The smallest absolute Gasteiger partial charge is 0.139 e. The Morgan fingerprint density at radius 3 is 2.23 bits per heavy atom. The van der Waals surface area contributed by atoms with Crippen LogP contribution in [0.1, 0.15) is 11.1 Å². The van der Waals surface area contributed by atoms with Gasteiger partial charge in [-0.2, -0.15) is 0 Å². The predicted molar refractivity (Wildman–Crippen MR) is 114 cm³/mol. The van der Waals surface area contributed by atoms with E-state index in [1.165, 1.54) is 12.1 Å². The van der Waals surface area contributed by atoms with Gasteiger partial charge in [-0.05, 0) is 70.0 Å². The van der Waals surface area contributed by atoms with Crippen molar-refractivity contribution in [3.05, 3.63) is 91.0 Å². The quantitative estimate of drug-likeness (QED) is 0.352. The van der Waals surface area contributed by atoms with Crippen molar-refractivity contribution in [2.45, 2.75) is 13.2 Å². The van der Waals surface area contributed by atoms with Crippen LogP contribution in [0.25, 0.3) is 0 Å². The zero-order chi connectivity index (χ0) is 18.5. The standard InChI is InChI=1S/C20H15Br3FNO/c21-15-3-7-18(8-4-15)25-11-14-9-16(22)10-19(23)20(14)26-12-13-1-5-17(24)6-2-13/h1-10,25H,11-12H2. The minimum atomic E-state index is -0.252. The Balaban J connectivity index is 1.75. The van der Waals surface area contributed by atoms with Crippen LogP contribution in [0.4, 0.5) is 10.1 Å². The normalized spacial score (nSPS) is 10.6. The molecule has 0 aliphatic carbocycles. The molecule has 3 rings (SSSR count). The minimum Gasteiger partial charge on any atom is -0.487 e. The summed E-state index contributed by atoms with van der Waals surface area (Å²) in [6, 6.07) is 18.3. The summed E-state index contributed by atoms with van der Waals surface area (Å²) in [7, 11) is 0. The highest BCUT2D eigenvalue weighted by Crippen LogP contribution is 2.34. The average molecular weight is 544 g/mol. The van der Waals surface area contributed by atoms with Crippen LogP contribution < -0.4 is 10.1 Å². The van der Waals surface area contributed by atoms with E-state index in [1.54, 1.807) is 12.1 Å². The second kappa shape index (κ2) is 9.02. The number of ether oxygens (including phenoxy) is 1. The molecule has 6 heteroatoms. The lowest BCUT2D eigenvalue weighted by Crippen LogP contribution is -2.04. The van der Waals surface area contributed by atoms with E-state index in [-0.39, 0.29) is 5.82 Å². The lowest BCUT2D eigenvalue weighted by Gasteiger charge is -2.15. The van der Waals surface area contributed by atoms with Crippen molar-refractivity contribution in [3.8, 4) is 5.75 Å². The van der Waals surface area contributed by atoms with Crippen molar-refractivity contribution in [1.29, 1.82) is 0 Å². The van der Waals surface area contributed by atoms with Crippen LogP contribution in [0.15, 0.2) is 74.1 Å². The fourth-order valence-corrected chi connectivity index (χ4v) is 4.10. The Morgan fingerprint density at radius 1 is 0.846 bits per heavy atom. The monoisotopic (exact) mass is 541 g/mol. The molecule has 0 saturated carbocycles. The number of hydrogen-bond donors (Lipinski definition) is 1. The molecule has 1 N–H and O–H groups in total. The molecule has 3 aromatic carbocycles. The summed E-state index contributed by atoms with van der Waals surface area (Å²) in [5.41, 5.74) is 2.94. The van der Waals surface area contributed by atoms with Gasteiger partial charge < -0.3 is 10.1 Å². The summed E-state index contributed by atoms with van der Waals surface area (Å²) in [6.07, 6.45) is 0. The summed E-state index contributed by atoms with van der Waals surface area (Å²) < 4.78 is 21.9. The predicted octanol–water partition coefficient (Wildman–Crippen LogP) is 7.30. The van der Waals surface area contributed by atoms with Crippen LogP contribution >= 0.6 is 47.8 Å². The van der Waals surface area contributed by atoms with Crippen LogP contribution in [0.2, 0.25) is 0 Å². The molecule has 0 amide bonds. The summed E-state index contributed by atoms with van der Waals surface area (Å²) in [6.45, 7) is 0.976. The zero-order valence-corrected chi connectivity index (χ0v) is 18.4. The van der Waals surface area contributed by atoms with Crippen molar-refractivity contribution in [2.75, 3.05) is 5.32 Å². The van der Waals surface area contributed by atoms with E-state index in [2.05, 4.69) is 53.1 Å². The molecule has 0 heterocycles. The summed E-state index contributed by atoms with van der Waals surface area (Å²) in [5, 5.41) is 3.40. The van der Waals surface area contributed by atoms with E-state index >= 15 is 0 Å². The van der Waals surface area contributed by atoms with Crippen LogP contribution in [-0.4, -0.2) is 0 Å². The molecular weight excluding hydrogens is 529 g/mol. The highest BCUT2D eigenvalue weighted by Gasteiger charge is 2.11. The molecule has 0 aliphatic rings. The van der Waals surface area contributed by atoms with Gasteiger partial charge in [0.05, 0.1) is 4.47 Å². The molecule has 0 radical (unpaired) electrons. The molecule has 0 spiro atoms. The largest absolute Gasteiger partial charge is 0.487 e. The first-order valence-electron chi connectivity index (χ1n) is 7.86. The van der Waals surface area contributed by atoms with Crippen LogP contribution in [0, 0.1) is 5.82 Å². The van der Waals surface area contributed by atoms with Crippen molar-refractivity contribution in [2.24, 2.45) is 0 Å². The Labute approximate surface area is 177 Å². The van der Waals surface area contributed by atoms with Gasteiger partial charge in [0.25, 0.3) is 0 Å². The number of anilines is 1. The van der Waals surface area contributed by atoms with Gasteiger partial charge in [0.1, 0.15) is 18.2 Å². The number of benzene rings is 3. The van der Waals surface area contributed by atoms with Crippen molar-refractivity contribution >= 4 is 53.5 Å². The number of hydrogen-bond acceptors (Lipinski definition) is 2. The van der Waals surface area contributed by atoms with E-state index in [4.69, 9.17) is 4.74 Å². The third kappa shape index (κ3) is 5.32. The van der Waals surface area contributed by atoms with Crippen LogP contribution in [0.3, 0.4) is 0 Å². The molecule has 0 atom stereocenters. The zero-order valence-electron chi connectivity index (χ0n) is 13.6. The third-order valence-electron chi connectivity index (χ3n) is 3.71. The third-order valence-corrected chi connectivity index (χ3v) is 5.28. The van der Waals surface area contributed by atoms with Crippen LogP contribution in [0.5, 0.6) is 5.75 Å². The van der Waals surface area contributed by atoms with Gasteiger partial charge in [0.15, 0.2) is 0 Å². The molecule has 134 valence electrons. The van der Waals surface area contributed by atoms with Gasteiger partial charge in [-0.1, -0.05) is 44.0 Å². The van der Waals surface area contributed by atoms with Gasteiger partial charge in [-0.3, -0.25) is 0 Å². The molecule has 0 fully saturated rings. The Bertz CT molecular complexity index is 883. The van der Waals surface area contributed by atoms with Crippen molar-refractivity contribution < 1.29 is 9.13 Å². The number of halogens is 4. The first-order chi connectivity index (χ1) is 12.5. The van der Waals surface area contributed by atoms with Gasteiger partial charge in [0.2, 0.25) is 0 Å². The molecule has 0 saturated heterocycles. The van der Waals surface area contributed by atoms with Gasteiger partial charge in [-0.15, -0.1) is 0 Å². The topological polar surface area (TPSA) is 21.3 Å². The second-order valence-electron chi connectivity index (χ2n) is 5.65. The average Bonchev–Trinajstić information content (AvgIpc) is 2.62. The summed E-state index contributed by atoms with van der Waals surface area (Å²) in [4.78, 5) is 0. The maximum Gasteiger partial charge on any atom is 0.139 e. The molecule has 3 aromatic rings. The van der Waals surface area contributed by atoms with E-state index < -0.39 is 0 Å². The molecule has 2 nitrogen and oxygen atoms in total. The number of nitrogens with one attached hydrogen (secondary N) is 1. The molecular formula is C20H15Br3FNO. The molecule has 0 aliphatic heterocycles. The fourth-order valence-electron chi connectivity index (χ4n) is 2.41. The van der Waals surface area contributed by atoms with E-state index in [1.807, 2.05) is 36.4 Å². The highest BCUT2D eigenvalue weighted by atomic mass is 79.9. The van der Waals surface area contributed by atoms with Gasteiger partial charge in [0, 0.05) is 26.7 Å².